The van der Waals surface area contributed by atoms with Gasteiger partial charge in [0.2, 0.25) is 5.91 Å². The Hall–Kier alpha value is -1.97. The van der Waals surface area contributed by atoms with Gasteiger partial charge in [-0.25, -0.2) is 4.39 Å². The number of carbonyl (C=O) groups is 1. The molecule has 2 aliphatic carbocycles. The van der Waals surface area contributed by atoms with E-state index in [9.17, 15) is 9.18 Å². The summed E-state index contributed by atoms with van der Waals surface area (Å²) in [7, 11) is 0. The first-order chi connectivity index (χ1) is 12.1. The van der Waals surface area contributed by atoms with Crippen molar-refractivity contribution in [1.82, 2.24) is 10.3 Å². The molecule has 0 bridgehead atoms. The van der Waals surface area contributed by atoms with Gasteiger partial charge in [-0.05, 0) is 87.1 Å². The largest absolute Gasteiger partial charge is 0.353 e. The third-order valence-electron chi connectivity index (χ3n) is 5.97. The van der Waals surface area contributed by atoms with Crippen LogP contribution >= 0.6 is 0 Å². The number of hydrogen-bond donors (Lipinski definition) is 1. The summed E-state index contributed by atoms with van der Waals surface area (Å²) in [6.45, 7) is 2.14. The third-order valence-corrected chi connectivity index (χ3v) is 5.97. The topological polar surface area (TPSA) is 42.0 Å². The molecule has 132 valence electrons. The van der Waals surface area contributed by atoms with E-state index >= 15 is 0 Å². The maximum atomic E-state index is 13.7. The average molecular weight is 340 g/mol. The molecule has 4 rings (SSSR count). The molecule has 1 aromatic carbocycles. The van der Waals surface area contributed by atoms with E-state index in [2.05, 4.69) is 17.2 Å². The summed E-state index contributed by atoms with van der Waals surface area (Å²) in [5.74, 6) is 1.31. The Morgan fingerprint density at radius 2 is 1.92 bits per heavy atom. The lowest BCUT2D eigenvalue weighted by Gasteiger charge is -2.33. The molecule has 1 atom stereocenters. The van der Waals surface area contributed by atoms with Crippen LogP contribution in [0.3, 0.4) is 0 Å². The van der Waals surface area contributed by atoms with Crippen molar-refractivity contribution in [3.05, 3.63) is 41.8 Å². The zero-order valence-electron chi connectivity index (χ0n) is 14.7. The van der Waals surface area contributed by atoms with Crippen molar-refractivity contribution in [2.24, 2.45) is 11.8 Å². The molecule has 25 heavy (non-hydrogen) atoms. The van der Waals surface area contributed by atoms with Crippen LogP contribution in [0, 0.1) is 17.7 Å². The van der Waals surface area contributed by atoms with Gasteiger partial charge in [-0.15, -0.1) is 0 Å². The van der Waals surface area contributed by atoms with Crippen LogP contribution in [0.15, 0.2) is 30.5 Å². The molecule has 3 nitrogen and oxygen atoms in total. The number of halogens is 1. The summed E-state index contributed by atoms with van der Waals surface area (Å²) < 4.78 is 13.7. The Bertz CT molecular complexity index is 779. The van der Waals surface area contributed by atoms with Gasteiger partial charge in [-0.2, -0.15) is 0 Å². The predicted molar refractivity (Wildman–Crippen MR) is 96.7 cm³/mol. The van der Waals surface area contributed by atoms with Crippen LogP contribution in [-0.2, 0) is 4.79 Å². The second kappa shape index (κ2) is 6.74. The highest BCUT2D eigenvalue weighted by Gasteiger charge is 2.33. The second-order valence-corrected chi connectivity index (χ2v) is 7.74. The van der Waals surface area contributed by atoms with E-state index in [1.165, 1.54) is 11.6 Å². The smallest absolute Gasteiger partial charge is 0.223 e. The summed E-state index contributed by atoms with van der Waals surface area (Å²) in [5, 5.41) is 4.15. The minimum atomic E-state index is -0.202. The van der Waals surface area contributed by atoms with Crippen LogP contribution < -0.4 is 5.32 Å². The normalized spacial score (nSPS) is 24.9. The van der Waals surface area contributed by atoms with Crippen LogP contribution in [-0.4, -0.2) is 16.9 Å². The van der Waals surface area contributed by atoms with E-state index in [0.29, 0.717) is 11.8 Å². The highest BCUT2D eigenvalue weighted by molar-refractivity contribution is 5.82. The summed E-state index contributed by atoms with van der Waals surface area (Å²) in [6, 6.07) is 7.14. The van der Waals surface area contributed by atoms with Crippen molar-refractivity contribution >= 4 is 16.8 Å². The third kappa shape index (κ3) is 3.53. The number of pyridine rings is 1. The molecule has 2 saturated carbocycles. The number of hydrogen-bond acceptors (Lipinski definition) is 2. The van der Waals surface area contributed by atoms with E-state index in [-0.39, 0.29) is 23.7 Å². The fraction of sp³-hybridized carbons (Fsp3) is 0.524. The van der Waals surface area contributed by atoms with Crippen LogP contribution in [0.25, 0.3) is 10.9 Å². The number of aromatic nitrogens is 1. The van der Waals surface area contributed by atoms with Crippen molar-refractivity contribution < 1.29 is 9.18 Å². The van der Waals surface area contributed by atoms with Gasteiger partial charge in [0.1, 0.15) is 5.82 Å². The van der Waals surface area contributed by atoms with E-state index in [1.807, 2.05) is 12.3 Å². The minimum Gasteiger partial charge on any atom is -0.353 e. The molecule has 0 unspecified atom stereocenters. The van der Waals surface area contributed by atoms with Gasteiger partial charge in [0.15, 0.2) is 0 Å². The van der Waals surface area contributed by atoms with Gasteiger partial charge < -0.3 is 5.32 Å². The molecule has 0 radical (unpaired) electrons. The molecule has 2 aromatic rings. The number of rotatable bonds is 4. The first-order valence-electron chi connectivity index (χ1n) is 9.46. The van der Waals surface area contributed by atoms with Gasteiger partial charge >= 0.3 is 0 Å². The van der Waals surface area contributed by atoms with Crippen LogP contribution in [0.4, 0.5) is 4.39 Å². The van der Waals surface area contributed by atoms with E-state index < -0.39 is 0 Å². The molecule has 2 fully saturated rings. The van der Waals surface area contributed by atoms with Gasteiger partial charge in [0.25, 0.3) is 0 Å². The SMILES string of the molecule is C[C@@H](NC(=O)C1CC1)C1CCC(c2ccnc3ccc(F)cc23)CC1. The zero-order valence-corrected chi connectivity index (χ0v) is 14.7. The Morgan fingerprint density at radius 1 is 1.16 bits per heavy atom. The van der Waals surface area contributed by atoms with Crippen LogP contribution in [0.1, 0.15) is 56.9 Å². The van der Waals surface area contributed by atoms with E-state index in [4.69, 9.17) is 0 Å². The lowest BCUT2D eigenvalue weighted by Crippen LogP contribution is -2.40. The molecule has 1 aromatic heterocycles. The van der Waals surface area contributed by atoms with E-state index in [0.717, 1.165) is 49.4 Å². The second-order valence-electron chi connectivity index (χ2n) is 7.74. The standard InChI is InChI=1S/C21H25FN2O/c1-13(24-21(25)16-6-7-16)14-2-4-15(5-3-14)18-10-11-23-20-9-8-17(22)12-19(18)20/h8-16H,2-7H2,1H3,(H,24,25)/t13-,14?,15?/m1/s1. The molecule has 4 heteroatoms. The number of fused-ring (bicyclic) bond motifs is 1. The van der Waals surface area contributed by atoms with Gasteiger partial charge in [0.05, 0.1) is 5.52 Å². The molecular formula is C21H25FN2O. The zero-order chi connectivity index (χ0) is 17.4. The molecule has 1 N–H and O–H groups in total. The fourth-order valence-corrected chi connectivity index (χ4v) is 4.23. The number of carbonyl (C=O) groups excluding carboxylic acids is 1. The first-order valence-corrected chi connectivity index (χ1v) is 9.46. The monoisotopic (exact) mass is 340 g/mol. The highest BCUT2D eigenvalue weighted by Crippen LogP contribution is 2.39. The van der Waals surface area contributed by atoms with E-state index in [1.54, 1.807) is 12.1 Å². The van der Waals surface area contributed by atoms with Crippen molar-refractivity contribution in [1.29, 1.82) is 0 Å². The number of benzene rings is 1. The molecule has 1 amide bonds. The average Bonchev–Trinajstić information content (AvgIpc) is 3.46. The van der Waals surface area contributed by atoms with Gasteiger partial charge in [-0.3, -0.25) is 9.78 Å². The minimum absolute atomic E-state index is 0.202. The van der Waals surface area contributed by atoms with Crippen LogP contribution in [0.5, 0.6) is 0 Å². The maximum absolute atomic E-state index is 13.7. The van der Waals surface area contributed by atoms with Crippen molar-refractivity contribution in [2.45, 2.75) is 57.4 Å². The predicted octanol–water partition coefficient (Wildman–Crippen LogP) is 4.56. The van der Waals surface area contributed by atoms with Gasteiger partial charge in [0, 0.05) is 23.5 Å². The summed E-state index contributed by atoms with van der Waals surface area (Å²) in [6.07, 6.45) is 8.33. The van der Waals surface area contributed by atoms with Crippen molar-refractivity contribution in [3.63, 3.8) is 0 Å². The molecule has 1 heterocycles. The maximum Gasteiger partial charge on any atom is 0.223 e. The lowest BCUT2D eigenvalue weighted by molar-refractivity contribution is -0.123. The molecule has 2 aliphatic rings. The number of amides is 1. The molecule has 0 saturated heterocycles. The Labute approximate surface area is 148 Å². The summed E-state index contributed by atoms with van der Waals surface area (Å²) in [5.41, 5.74) is 2.09. The number of nitrogens with one attached hydrogen (secondary N) is 1. The molecule has 0 spiro atoms. The lowest BCUT2D eigenvalue weighted by atomic mass is 9.75. The summed E-state index contributed by atoms with van der Waals surface area (Å²) in [4.78, 5) is 16.3. The Balaban J connectivity index is 1.43. The quantitative estimate of drug-likeness (QED) is 0.886. The highest BCUT2D eigenvalue weighted by atomic mass is 19.1. The molecular weight excluding hydrogens is 315 g/mol. The van der Waals surface area contributed by atoms with Crippen molar-refractivity contribution in [3.8, 4) is 0 Å². The van der Waals surface area contributed by atoms with Crippen molar-refractivity contribution in [2.75, 3.05) is 0 Å². The fourth-order valence-electron chi connectivity index (χ4n) is 4.23. The molecule has 0 aliphatic heterocycles. The Kier molecular flexibility index (Phi) is 4.45. The Morgan fingerprint density at radius 3 is 2.64 bits per heavy atom. The van der Waals surface area contributed by atoms with Gasteiger partial charge in [-0.1, -0.05) is 0 Å². The first kappa shape index (κ1) is 16.5. The van der Waals surface area contributed by atoms with Crippen LogP contribution in [0.2, 0.25) is 0 Å². The summed E-state index contributed by atoms with van der Waals surface area (Å²) >= 11 is 0. The number of nitrogens with zero attached hydrogens (tertiary/aromatic N) is 1.